The lowest BCUT2D eigenvalue weighted by Crippen LogP contribution is -2.11. The molecule has 0 bridgehead atoms. The number of hydrogen-bond donors (Lipinski definition) is 0. The first kappa shape index (κ1) is 11.8. The predicted molar refractivity (Wildman–Crippen MR) is 62.4 cm³/mol. The third-order valence-corrected chi connectivity index (χ3v) is 2.91. The number of cyclic esters (lactones) is 1. The van der Waals surface area contributed by atoms with Crippen LogP contribution >= 0.6 is 0 Å². The van der Waals surface area contributed by atoms with E-state index in [4.69, 9.17) is 14.2 Å². The van der Waals surface area contributed by atoms with Crippen molar-refractivity contribution in [3.05, 3.63) is 23.8 Å². The molecule has 0 aliphatic carbocycles. The number of ether oxygens (including phenoxy) is 3. The molecule has 0 aromatic heterocycles. The van der Waals surface area contributed by atoms with Gasteiger partial charge in [0, 0.05) is 18.9 Å². The van der Waals surface area contributed by atoms with Crippen molar-refractivity contribution in [2.24, 2.45) is 0 Å². The van der Waals surface area contributed by atoms with Crippen molar-refractivity contribution in [1.82, 2.24) is 0 Å². The van der Waals surface area contributed by atoms with E-state index in [0.29, 0.717) is 12.8 Å². The quantitative estimate of drug-likeness (QED) is 0.749. The Morgan fingerprint density at radius 3 is 2.76 bits per heavy atom. The SMILES string of the molecule is COc1ccc(CC2CCC(=O)O2)c(OC)c1. The Morgan fingerprint density at radius 2 is 2.18 bits per heavy atom. The van der Waals surface area contributed by atoms with Crippen LogP contribution in [0, 0.1) is 0 Å². The van der Waals surface area contributed by atoms with Crippen LogP contribution < -0.4 is 9.47 Å². The Kier molecular flexibility index (Phi) is 3.52. The third kappa shape index (κ3) is 2.70. The lowest BCUT2D eigenvalue weighted by Gasteiger charge is -2.13. The average molecular weight is 236 g/mol. The van der Waals surface area contributed by atoms with Gasteiger partial charge < -0.3 is 14.2 Å². The molecule has 92 valence electrons. The molecule has 0 N–H and O–H groups in total. The summed E-state index contributed by atoms with van der Waals surface area (Å²) in [5, 5.41) is 0. The number of hydrogen-bond acceptors (Lipinski definition) is 4. The van der Waals surface area contributed by atoms with E-state index in [-0.39, 0.29) is 12.1 Å². The summed E-state index contributed by atoms with van der Waals surface area (Å²) in [7, 11) is 3.24. The van der Waals surface area contributed by atoms with Crippen LogP contribution in [0.1, 0.15) is 18.4 Å². The molecular formula is C13H16O4. The molecule has 1 heterocycles. The van der Waals surface area contributed by atoms with Gasteiger partial charge in [0.2, 0.25) is 0 Å². The summed E-state index contributed by atoms with van der Waals surface area (Å²) < 4.78 is 15.6. The summed E-state index contributed by atoms with van der Waals surface area (Å²) >= 11 is 0. The zero-order valence-corrected chi connectivity index (χ0v) is 10.1. The number of carbonyl (C=O) groups excluding carboxylic acids is 1. The molecule has 0 spiro atoms. The molecular weight excluding hydrogens is 220 g/mol. The van der Waals surface area contributed by atoms with Gasteiger partial charge in [-0.15, -0.1) is 0 Å². The second kappa shape index (κ2) is 5.08. The maximum absolute atomic E-state index is 11.0. The molecule has 1 atom stereocenters. The molecule has 0 saturated carbocycles. The van der Waals surface area contributed by atoms with Crippen molar-refractivity contribution in [1.29, 1.82) is 0 Å². The summed E-state index contributed by atoms with van der Waals surface area (Å²) in [5.41, 5.74) is 1.04. The van der Waals surface area contributed by atoms with E-state index in [1.807, 2.05) is 18.2 Å². The highest BCUT2D eigenvalue weighted by Gasteiger charge is 2.24. The van der Waals surface area contributed by atoms with Crippen LogP contribution in [0.3, 0.4) is 0 Å². The van der Waals surface area contributed by atoms with E-state index < -0.39 is 0 Å². The minimum absolute atomic E-state index is 0.0233. The molecule has 1 aromatic rings. The zero-order valence-electron chi connectivity index (χ0n) is 10.1. The number of esters is 1. The fourth-order valence-corrected chi connectivity index (χ4v) is 1.99. The molecule has 0 radical (unpaired) electrons. The van der Waals surface area contributed by atoms with Gasteiger partial charge in [-0.05, 0) is 18.1 Å². The Hall–Kier alpha value is -1.71. The van der Waals surface area contributed by atoms with Crippen LogP contribution in [0.15, 0.2) is 18.2 Å². The summed E-state index contributed by atoms with van der Waals surface area (Å²) in [5.74, 6) is 1.42. The summed E-state index contributed by atoms with van der Waals surface area (Å²) in [6.07, 6.45) is 1.97. The van der Waals surface area contributed by atoms with Gasteiger partial charge in [0.1, 0.15) is 17.6 Å². The largest absolute Gasteiger partial charge is 0.497 e. The van der Waals surface area contributed by atoms with Gasteiger partial charge in [0.25, 0.3) is 0 Å². The van der Waals surface area contributed by atoms with Crippen LogP contribution in [0.5, 0.6) is 11.5 Å². The van der Waals surface area contributed by atoms with Crippen molar-refractivity contribution in [3.63, 3.8) is 0 Å². The number of rotatable bonds is 4. The molecule has 1 unspecified atom stereocenters. The normalized spacial score (nSPS) is 18.9. The fraction of sp³-hybridized carbons (Fsp3) is 0.462. The van der Waals surface area contributed by atoms with E-state index in [9.17, 15) is 4.79 Å². The summed E-state index contributed by atoms with van der Waals surface area (Å²) in [4.78, 5) is 11.0. The van der Waals surface area contributed by atoms with Crippen LogP contribution in [0.4, 0.5) is 0 Å². The van der Waals surface area contributed by atoms with Crippen LogP contribution in [0.2, 0.25) is 0 Å². The Labute approximate surface area is 100 Å². The van der Waals surface area contributed by atoms with E-state index in [0.717, 1.165) is 23.5 Å². The van der Waals surface area contributed by atoms with E-state index >= 15 is 0 Å². The monoisotopic (exact) mass is 236 g/mol. The summed E-state index contributed by atoms with van der Waals surface area (Å²) in [6.45, 7) is 0. The first-order valence-electron chi connectivity index (χ1n) is 5.63. The molecule has 1 aromatic carbocycles. The molecule has 4 heteroatoms. The maximum Gasteiger partial charge on any atom is 0.306 e. The van der Waals surface area contributed by atoms with Crippen LogP contribution in [0.25, 0.3) is 0 Å². The van der Waals surface area contributed by atoms with Gasteiger partial charge in [-0.25, -0.2) is 0 Å². The number of methoxy groups -OCH3 is 2. The van der Waals surface area contributed by atoms with Gasteiger partial charge >= 0.3 is 5.97 Å². The van der Waals surface area contributed by atoms with E-state index in [2.05, 4.69) is 0 Å². The smallest absolute Gasteiger partial charge is 0.306 e. The van der Waals surface area contributed by atoms with Gasteiger partial charge in [-0.3, -0.25) is 4.79 Å². The topological polar surface area (TPSA) is 44.8 Å². The number of carbonyl (C=O) groups is 1. The predicted octanol–water partition coefficient (Wildman–Crippen LogP) is 1.95. The van der Waals surface area contributed by atoms with Crippen molar-refractivity contribution in [2.45, 2.75) is 25.4 Å². The van der Waals surface area contributed by atoms with E-state index in [1.165, 1.54) is 0 Å². The standard InChI is InChI=1S/C13H16O4/c1-15-10-4-3-9(12(8-10)16-2)7-11-5-6-13(14)17-11/h3-4,8,11H,5-7H2,1-2H3. The van der Waals surface area contributed by atoms with E-state index in [1.54, 1.807) is 14.2 Å². The first-order valence-corrected chi connectivity index (χ1v) is 5.63. The minimum atomic E-state index is -0.109. The lowest BCUT2D eigenvalue weighted by atomic mass is 10.0. The van der Waals surface area contributed by atoms with Gasteiger partial charge in [0.05, 0.1) is 14.2 Å². The van der Waals surface area contributed by atoms with Crippen molar-refractivity contribution in [3.8, 4) is 11.5 Å². The highest BCUT2D eigenvalue weighted by atomic mass is 16.5. The molecule has 0 amide bonds. The highest BCUT2D eigenvalue weighted by Crippen LogP contribution is 2.28. The molecule has 1 fully saturated rings. The molecule has 1 saturated heterocycles. The Morgan fingerprint density at radius 1 is 1.35 bits per heavy atom. The van der Waals surface area contributed by atoms with Crippen molar-refractivity contribution in [2.75, 3.05) is 14.2 Å². The second-order valence-corrected chi connectivity index (χ2v) is 4.03. The van der Waals surface area contributed by atoms with Crippen LogP contribution in [-0.4, -0.2) is 26.3 Å². The molecule has 1 aliphatic heterocycles. The molecule has 17 heavy (non-hydrogen) atoms. The van der Waals surface area contributed by atoms with Gasteiger partial charge in [-0.2, -0.15) is 0 Å². The third-order valence-electron chi connectivity index (χ3n) is 2.91. The number of benzene rings is 1. The van der Waals surface area contributed by atoms with Crippen molar-refractivity contribution < 1.29 is 19.0 Å². The molecule has 2 rings (SSSR count). The van der Waals surface area contributed by atoms with Crippen LogP contribution in [-0.2, 0) is 16.0 Å². The highest BCUT2D eigenvalue weighted by molar-refractivity contribution is 5.71. The fourth-order valence-electron chi connectivity index (χ4n) is 1.99. The van der Waals surface area contributed by atoms with Gasteiger partial charge in [-0.1, -0.05) is 6.07 Å². The van der Waals surface area contributed by atoms with Gasteiger partial charge in [0.15, 0.2) is 0 Å². The zero-order chi connectivity index (χ0) is 12.3. The van der Waals surface area contributed by atoms with Crippen molar-refractivity contribution >= 4 is 5.97 Å². The molecule has 4 nitrogen and oxygen atoms in total. The second-order valence-electron chi connectivity index (χ2n) is 4.03. The maximum atomic E-state index is 11.0. The molecule has 1 aliphatic rings. The summed E-state index contributed by atoms with van der Waals surface area (Å²) in [6, 6.07) is 5.67. The lowest BCUT2D eigenvalue weighted by molar-refractivity contribution is -0.141. The Balaban J connectivity index is 2.12. The first-order chi connectivity index (χ1) is 8.22. The Bertz CT molecular complexity index is 414. The average Bonchev–Trinajstić information content (AvgIpc) is 2.75. The minimum Gasteiger partial charge on any atom is -0.497 e.